The Labute approximate surface area is 149 Å². The summed E-state index contributed by atoms with van der Waals surface area (Å²) in [5.74, 6) is -0.125. The fourth-order valence-electron chi connectivity index (χ4n) is 3.01. The van der Waals surface area contributed by atoms with Crippen molar-refractivity contribution in [3.05, 3.63) is 41.7 Å². The lowest BCUT2D eigenvalue weighted by molar-refractivity contribution is -0.137. The van der Waals surface area contributed by atoms with Gasteiger partial charge in [-0.25, -0.2) is 0 Å². The number of nitriles is 1. The maximum Gasteiger partial charge on any atom is 0.417 e. The van der Waals surface area contributed by atoms with Gasteiger partial charge in [0.05, 0.1) is 22.9 Å². The molecule has 0 bridgehead atoms. The van der Waals surface area contributed by atoms with Gasteiger partial charge in [-0.1, -0.05) is 6.58 Å². The van der Waals surface area contributed by atoms with Gasteiger partial charge in [-0.15, -0.1) is 0 Å². The number of carbonyl (C=O) groups excluding carboxylic acids is 1. The SMILES string of the molecule is C=C1N(c2ccc(C#N)c(C(F)(F)F)c2)C(=O)C(C)(C)N1CCCCO. The number of aliphatic hydroxyl groups is 1. The van der Waals surface area contributed by atoms with Crippen LogP contribution in [-0.2, 0) is 11.0 Å². The number of alkyl halides is 3. The number of nitrogens with zero attached hydrogens (tertiary/aromatic N) is 3. The van der Waals surface area contributed by atoms with E-state index in [0.29, 0.717) is 19.4 Å². The lowest BCUT2D eigenvalue weighted by Crippen LogP contribution is -2.43. The molecule has 1 aromatic rings. The summed E-state index contributed by atoms with van der Waals surface area (Å²) in [5.41, 5.74) is -2.55. The van der Waals surface area contributed by atoms with Gasteiger partial charge in [-0.3, -0.25) is 9.69 Å². The first-order valence-electron chi connectivity index (χ1n) is 8.09. The second-order valence-corrected chi connectivity index (χ2v) is 6.54. The molecular formula is C18H20F3N3O2. The van der Waals surface area contributed by atoms with E-state index < -0.39 is 28.7 Å². The summed E-state index contributed by atoms with van der Waals surface area (Å²) < 4.78 is 39.7. The second kappa shape index (κ2) is 7.00. The van der Waals surface area contributed by atoms with Gasteiger partial charge in [0.15, 0.2) is 0 Å². The fraction of sp³-hybridized carbons (Fsp3) is 0.444. The zero-order valence-corrected chi connectivity index (χ0v) is 14.6. The van der Waals surface area contributed by atoms with Crippen LogP contribution in [0.15, 0.2) is 30.6 Å². The van der Waals surface area contributed by atoms with E-state index in [1.54, 1.807) is 18.7 Å². The molecule has 0 unspecified atom stereocenters. The number of carbonyl (C=O) groups is 1. The summed E-state index contributed by atoms with van der Waals surface area (Å²) in [6, 6.07) is 4.69. The van der Waals surface area contributed by atoms with Crippen molar-refractivity contribution >= 4 is 11.6 Å². The topological polar surface area (TPSA) is 67.6 Å². The zero-order valence-electron chi connectivity index (χ0n) is 14.6. The van der Waals surface area contributed by atoms with Crippen molar-refractivity contribution in [3.8, 4) is 6.07 Å². The minimum absolute atomic E-state index is 0.0168. The monoisotopic (exact) mass is 367 g/mol. The molecule has 0 aliphatic carbocycles. The fourth-order valence-corrected chi connectivity index (χ4v) is 3.01. The van der Waals surface area contributed by atoms with E-state index in [1.807, 2.05) is 0 Å². The van der Waals surface area contributed by atoms with Crippen LogP contribution in [0.4, 0.5) is 18.9 Å². The summed E-state index contributed by atoms with van der Waals surface area (Å²) in [7, 11) is 0. The van der Waals surface area contributed by atoms with Crippen molar-refractivity contribution in [2.24, 2.45) is 0 Å². The Bertz CT molecular complexity index is 766. The molecule has 1 N–H and O–H groups in total. The van der Waals surface area contributed by atoms with Gasteiger partial charge in [0.1, 0.15) is 11.4 Å². The molecular weight excluding hydrogens is 347 g/mol. The highest BCUT2D eigenvalue weighted by Crippen LogP contribution is 2.40. The summed E-state index contributed by atoms with van der Waals surface area (Å²) >= 11 is 0. The number of halogens is 3. The third-order valence-electron chi connectivity index (χ3n) is 4.45. The standard InChI is InChI=1S/C18H20F3N3O2/c1-12-23(8-4-5-9-25)17(2,3)16(26)24(12)14-7-6-13(11-22)15(10-14)18(19,20)21/h6-7,10,25H,1,4-5,8-9H2,2-3H3. The number of hydrogen-bond acceptors (Lipinski definition) is 4. The lowest BCUT2D eigenvalue weighted by Gasteiger charge is -2.30. The molecule has 26 heavy (non-hydrogen) atoms. The number of unbranched alkanes of at least 4 members (excludes halogenated alkanes) is 1. The van der Waals surface area contributed by atoms with Crippen LogP contribution in [0.5, 0.6) is 0 Å². The van der Waals surface area contributed by atoms with Crippen molar-refractivity contribution in [2.75, 3.05) is 18.1 Å². The molecule has 1 heterocycles. The lowest BCUT2D eigenvalue weighted by atomic mass is 10.0. The predicted molar refractivity (Wildman–Crippen MR) is 89.9 cm³/mol. The quantitative estimate of drug-likeness (QED) is 0.812. The molecule has 2 rings (SSSR count). The molecule has 1 saturated heterocycles. The van der Waals surface area contributed by atoms with Crippen molar-refractivity contribution in [1.82, 2.24) is 4.90 Å². The van der Waals surface area contributed by atoms with Crippen molar-refractivity contribution in [1.29, 1.82) is 5.26 Å². The molecule has 1 aromatic carbocycles. The zero-order chi connectivity index (χ0) is 19.7. The average molecular weight is 367 g/mol. The van der Waals surface area contributed by atoms with Gasteiger partial charge >= 0.3 is 6.18 Å². The van der Waals surface area contributed by atoms with Crippen LogP contribution in [0, 0.1) is 11.3 Å². The van der Waals surface area contributed by atoms with E-state index >= 15 is 0 Å². The molecule has 1 aliphatic heterocycles. The number of amides is 1. The van der Waals surface area contributed by atoms with Gasteiger partial charge in [-0.2, -0.15) is 18.4 Å². The molecule has 5 nitrogen and oxygen atoms in total. The average Bonchev–Trinajstić information content (AvgIpc) is 2.73. The molecule has 0 atom stereocenters. The van der Waals surface area contributed by atoms with Crippen LogP contribution in [-0.4, -0.2) is 34.6 Å². The minimum atomic E-state index is -4.71. The Morgan fingerprint density at radius 2 is 1.96 bits per heavy atom. The number of hydrogen-bond donors (Lipinski definition) is 1. The Morgan fingerprint density at radius 3 is 2.50 bits per heavy atom. The van der Waals surface area contributed by atoms with Crippen molar-refractivity contribution < 1.29 is 23.1 Å². The van der Waals surface area contributed by atoms with E-state index in [-0.39, 0.29) is 18.1 Å². The Hall–Kier alpha value is -2.53. The van der Waals surface area contributed by atoms with Gasteiger partial charge < -0.3 is 10.0 Å². The molecule has 140 valence electrons. The molecule has 1 fully saturated rings. The Kier molecular flexibility index (Phi) is 5.33. The van der Waals surface area contributed by atoms with Gasteiger partial charge in [0.2, 0.25) is 0 Å². The third-order valence-corrected chi connectivity index (χ3v) is 4.45. The highest BCUT2D eigenvalue weighted by atomic mass is 19.4. The molecule has 0 saturated carbocycles. The normalized spacial score (nSPS) is 17.0. The maximum atomic E-state index is 13.2. The number of benzene rings is 1. The molecule has 0 aromatic heterocycles. The van der Waals surface area contributed by atoms with Crippen LogP contribution in [0.1, 0.15) is 37.8 Å². The van der Waals surface area contributed by atoms with E-state index in [4.69, 9.17) is 10.4 Å². The van der Waals surface area contributed by atoms with Crippen molar-refractivity contribution in [3.63, 3.8) is 0 Å². The van der Waals surface area contributed by atoms with Crippen LogP contribution in [0.25, 0.3) is 0 Å². The van der Waals surface area contributed by atoms with E-state index in [2.05, 4.69) is 6.58 Å². The van der Waals surface area contributed by atoms with Gasteiger partial charge in [0.25, 0.3) is 5.91 Å². The van der Waals surface area contributed by atoms with Crippen LogP contribution in [0.3, 0.4) is 0 Å². The maximum absolute atomic E-state index is 13.2. The van der Waals surface area contributed by atoms with Crippen molar-refractivity contribution in [2.45, 2.75) is 38.4 Å². The van der Waals surface area contributed by atoms with E-state index in [0.717, 1.165) is 17.0 Å². The largest absolute Gasteiger partial charge is 0.417 e. The predicted octanol–water partition coefficient (Wildman–Crippen LogP) is 3.25. The van der Waals surface area contributed by atoms with E-state index in [1.165, 1.54) is 12.1 Å². The molecule has 0 spiro atoms. The highest BCUT2D eigenvalue weighted by molar-refractivity contribution is 6.05. The molecule has 1 aliphatic rings. The van der Waals surface area contributed by atoms with Gasteiger partial charge in [0, 0.05) is 13.2 Å². The number of rotatable bonds is 5. The summed E-state index contributed by atoms with van der Waals surface area (Å²) in [6.07, 6.45) is -3.55. The molecule has 1 amide bonds. The first-order chi connectivity index (χ1) is 12.1. The van der Waals surface area contributed by atoms with E-state index in [9.17, 15) is 18.0 Å². The summed E-state index contributed by atoms with van der Waals surface area (Å²) in [6.45, 7) is 7.68. The summed E-state index contributed by atoms with van der Waals surface area (Å²) in [4.78, 5) is 15.7. The first kappa shape index (κ1) is 19.8. The molecule has 0 radical (unpaired) electrons. The van der Waals surface area contributed by atoms with Crippen LogP contribution in [0.2, 0.25) is 0 Å². The first-order valence-corrected chi connectivity index (χ1v) is 8.09. The second-order valence-electron chi connectivity index (χ2n) is 6.54. The van der Waals surface area contributed by atoms with Gasteiger partial charge in [-0.05, 0) is 44.9 Å². The summed E-state index contributed by atoms with van der Waals surface area (Å²) in [5, 5.41) is 17.8. The third kappa shape index (κ3) is 3.40. The molecule has 8 heteroatoms. The number of anilines is 1. The number of aliphatic hydroxyl groups excluding tert-OH is 1. The highest BCUT2D eigenvalue weighted by Gasteiger charge is 2.48. The van der Waals surface area contributed by atoms with Crippen LogP contribution < -0.4 is 4.90 Å². The smallest absolute Gasteiger partial charge is 0.396 e. The Morgan fingerprint density at radius 1 is 1.31 bits per heavy atom. The minimum Gasteiger partial charge on any atom is -0.396 e. The Balaban J connectivity index is 2.44. The van der Waals surface area contributed by atoms with Crippen LogP contribution >= 0.6 is 0 Å².